The summed E-state index contributed by atoms with van der Waals surface area (Å²) in [6.07, 6.45) is 98.6. The van der Waals surface area contributed by atoms with Crippen molar-refractivity contribution in [1.29, 1.82) is 0 Å². The van der Waals surface area contributed by atoms with Gasteiger partial charge in [0.2, 0.25) is 11.4 Å². The molecule has 3 heteroatoms. The van der Waals surface area contributed by atoms with Gasteiger partial charge < -0.3 is 5.53 Å². The second-order valence-corrected chi connectivity index (χ2v) is 30.7. The summed E-state index contributed by atoms with van der Waals surface area (Å²) in [5.41, 5.74) is 19.6. The molecule has 0 fully saturated rings. The van der Waals surface area contributed by atoms with Gasteiger partial charge >= 0.3 is 168 Å². The van der Waals surface area contributed by atoms with Gasteiger partial charge in [-0.05, 0) is 73.9 Å². The number of allylic oxidation sites excluding steroid dienone is 4. The molecule has 0 unspecified atom stereocenters. The van der Waals surface area contributed by atoms with Crippen molar-refractivity contribution >= 4 is 11.4 Å². The first-order valence-electron chi connectivity index (χ1n) is 42.1. The Labute approximate surface area is 591 Å². The number of benzene rings is 2. The molecule has 0 atom stereocenters. The first kappa shape index (κ1) is 86.7. The molecule has 538 valence electrons. The Balaban J connectivity index is 0.000000673. The Kier molecular flexibility index (Phi) is 64.9. The van der Waals surface area contributed by atoms with E-state index < -0.39 is 0 Å². The first-order chi connectivity index (χ1) is 46.1. The normalized spacial score (nSPS) is 12.6. The zero-order valence-corrected chi connectivity index (χ0v) is 64.7. The molecule has 1 heterocycles. The van der Waals surface area contributed by atoms with E-state index in [4.69, 9.17) is 0 Å². The molecule has 0 N–H and O–H groups in total. The molecule has 0 saturated carbocycles. The van der Waals surface area contributed by atoms with Crippen LogP contribution in [0, 0.1) is 0 Å². The predicted molar refractivity (Wildman–Crippen MR) is 416 cm³/mol. The Morgan fingerprint density at radius 1 is 0.290 bits per heavy atom. The van der Waals surface area contributed by atoms with Crippen LogP contribution >= 0.6 is 0 Å². The maximum atomic E-state index is 11.5. The van der Waals surface area contributed by atoms with E-state index in [9.17, 15) is 5.53 Å². The molecule has 2 aromatic rings. The van der Waals surface area contributed by atoms with Crippen molar-refractivity contribution in [2.45, 2.75) is 452 Å². The molecule has 0 amide bonds. The minimum Gasteiger partial charge on any atom is -0.493 e. The third kappa shape index (κ3) is 53.3. The molecule has 93 heavy (non-hydrogen) atoms. The fourth-order valence-corrected chi connectivity index (χ4v) is 15.0. The fraction of sp³-hybridized carbons (Fsp3) is 0.778. The average molecular weight is 1370 g/mol. The molecule has 0 aliphatic carbocycles. The molecule has 0 saturated heterocycles. The van der Waals surface area contributed by atoms with Crippen molar-refractivity contribution in [3.05, 3.63) is 109 Å². The SMILES string of the molecule is CCCCCCCCCCCCCCCCCCCCCCCCCC=[CH][Pd][CH]=CCCCCCCCCCCCCCCCCCCCCCCCCC.CCCCCCCCc1cccc(C2=CC(CCCC)=C(c3cccc(CCCCCCCC)c3)[N+]2=[N-])c1. The van der Waals surface area contributed by atoms with Gasteiger partial charge in [-0.3, -0.25) is 0 Å². The van der Waals surface area contributed by atoms with Gasteiger partial charge in [-0.2, -0.15) is 0 Å². The summed E-state index contributed by atoms with van der Waals surface area (Å²) in [7, 11) is 0. The molecular weight excluding hydrogens is 1220 g/mol. The quantitative estimate of drug-likeness (QED) is 0.0358. The van der Waals surface area contributed by atoms with Gasteiger partial charge in [0.25, 0.3) is 0 Å². The third-order valence-corrected chi connectivity index (χ3v) is 21.5. The van der Waals surface area contributed by atoms with E-state index in [-0.39, 0.29) is 0 Å². The topological polar surface area (TPSA) is 25.3 Å². The van der Waals surface area contributed by atoms with E-state index in [1.54, 1.807) is 0 Å². The van der Waals surface area contributed by atoms with Crippen LogP contribution < -0.4 is 0 Å². The van der Waals surface area contributed by atoms with Crippen molar-refractivity contribution in [2.75, 3.05) is 0 Å². The fourth-order valence-electron chi connectivity index (χ4n) is 13.9. The number of rotatable bonds is 69. The van der Waals surface area contributed by atoms with Crippen LogP contribution in [0.2, 0.25) is 0 Å². The minimum atomic E-state index is 0.694. The average Bonchev–Trinajstić information content (AvgIpc) is 1.66. The van der Waals surface area contributed by atoms with Gasteiger partial charge in [-0.15, -0.1) is 0 Å². The number of unbranched alkanes of at least 4 members (excludes halogenated alkanes) is 57. The van der Waals surface area contributed by atoms with Crippen LogP contribution in [0.1, 0.15) is 461 Å². The Hall–Kier alpha value is -2.34. The van der Waals surface area contributed by atoms with Gasteiger partial charge in [0.1, 0.15) is 0 Å². The van der Waals surface area contributed by atoms with Crippen molar-refractivity contribution in [3.8, 4) is 0 Å². The van der Waals surface area contributed by atoms with E-state index in [2.05, 4.69) is 110 Å². The Morgan fingerprint density at radius 2 is 0.548 bits per heavy atom. The van der Waals surface area contributed by atoms with E-state index in [1.165, 1.54) is 407 Å². The molecule has 1 aliphatic rings. The minimum absolute atomic E-state index is 0.694. The zero-order chi connectivity index (χ0) is 66.5. The molecule has 0 aromatic heterocycles. The number of hydrogen-bond donors (Lipinski definition) is 0. The predicted octanol–water partition coefficient (Wildman–Crippen LogP) is 32.3. The number of hydrogen-bond acceptors (Lipinski definition) is 0. The molecule has 1 aliphatic heterocycles. The maximum absolute atomic E-state index is 11.5. The molecule has 0 radical (unpaired) electrons. The van der Waals surface area contributed by atoms with Gasteiger partial charge in [-0.25, -0.2) is 4.70 Å². The molecule has 2 nitrogen and oxygen atoms in total. The summed E-state index contributed by atoms with van der Waals surface area (Å²) in [6, 6.07) is 17.7. The second kappa shape index (κ2) is 69.6. The van der Waals surface area contributed by atoms with Crippen LogP contribution in [-0.4, -0.2) is 4.70 Å². The number of aryl methyl sites for hydroxylation is 2. The van der Waals surface area contributed by atoms with Gasteiger partial charge in [0, 0.05) is 22.8 Å². The van der Waals surface area contributed by atoms with E-state index in [0.29, 0.717) is 18.0 Å². The van der Waals surface area contributed by atoms with Crippen molar-refractivity contribution < 1.29 is 22.7 Å². The molecule has 0 bridgehead atoms. The summed E-state index contributed by atoms with van der Waals surface area (Å²) in [6.45, 7) is 11.4. The molecule has 3 rings (SSSR count). The van der Waals surface area contributed by atoms with Crippen molar-refractivity contribution in [2.24, 2.45) is 0 Å². The van der Waals surface area contributed by atoms with Crippen molar-refractivity contribution in [1.82, 2.24) is 0 Å². The molecule has 0 spiro atoms. The number of nitrogens with zero attached hydrogens (tertiary/aromatic N) is 2. The van der Waals surface area contributed by atoms with Gasteiger partial charge in [-0.1, -0.05) is 309 Å². The van der Waals surface area contributed by atoms with Crippen LogP contribution in [0.15, 0.2) is 81.4 Å². The van der Waals surface area contributed by atoms with Gasteiger partial charge in [0.15, 0.2) is 0 Å². The van der Waals surface area contributed by atoms with E-state index >= 15 is 0 Å². The summed E-state index contributed by atoms with van der Waals surface area (Å²) in [5, 5.41) is 0. The Bertz CT molecular complexity index is 1980. The first-order valence-corrected chi connectivity index (χ1v) is 43.9. The van der Waals surface area contributed by atoms with Crippen LogP contribution in [0.4, 0.5) is 0 Å². The summed E-state index contributed by atoms with van der Waals surface area (Å²) >= 11 is 0.694. The summed E-state index contributed by atoms with van der Waals surface area (Å²) in [4.78, 5) is 0. The standard InChI is InChI=1S/C36H52N2.2C27H53.Pd/c1-4-7-10-12-14-16-20-30-22-18-25-32(27-30)35-29-34(24-9-6-3)36(38(35)37)33-26-19-23-31(28-33)21-17-15-13-11-8-5-2;2*1-3-5-7-9-11-13-15-17-19-21-23-25-27-26-24-22-20-18-16-14-12-10-8-6-4-2;/h18-19,22-23,25-29H,4-17,20-21,24H2,1-3H3;2*1,3H,4-27H2,2H3;. The molecule has 2 aromatic carbocycles. The summed E-state index contributed by atoms with van der Waals surface area (Å²) < 4.78 is 6.36. The second-order valence-electron chi connectivity index (χ2n) is 29.2. The molecular formula is C90H158N2Pd. The van der Waals surface area contributed by atoms with Crippen LogP contribution in [-0.2, 0) is 30.8 Å². The zero-order valence-electron chi connectivity index (χ0n) is 63.2. The Morgan fingerprint density at radius 3 is 0.849 bits per heavy atom. The monoisotopic (exact) mass is 1370 g/mol. The van der Waals surface area contributed by atoms with Crippen LogP contribution in [0.5, 0.6) is 0 Å². The van der Waals surface area contributed by atoms with Crippen LogP contribution in [0.3, 0.4) is 0 Å². The smallest absolute Gasteiger partial charge is 0.493 e. The summed E-state index contributed by atoms with van der Waals surface area (Å²) in [5.74, 6) is 0. The van der Waals surface area contributed by atoms with Gasteiger partial charge in [0.05, 0.1) is 0 Å². The van der Waals surface area contributed by atoms with Crippen LogP contribution in [0.25, 0.3) is 16.9 Å². The van der Waals surface area contributed by atoms with E-state index in [1.807, 2.05) is 0 Å². The van der Waals surface area contributed by atoms with E-state index in [0.717, 1.165) is 54.6 Å². The van der Waals surface area contributed by atoms with Crippen molar-refractivity contribution in [3.63, 3.8) is 0 Å². The third-order valence-electron chi connectivity index (χ3n) is 20.1.